The van der Waals surface area contributed by atoms with Gasteiger partial charge in [0, 0.05) is 131 Å². The number of benzene rings is 5. The second-order valence-electron chi connectivity index (χ2n) is 21.1. The summed E-state index contributed by atoms with van der Waals surface area (Å²) in [6.45, 7) is 17.4. The van der Waals surface area contributed by atoms with E-state index in [0.29, 0.717) is 81.4 Å². The molecule has 2 fully saturated rings. The van der Waals surface area contributed by atoms with E-state index in [1.807, 2.05) is 59.3 Å². The minimum absolute atomic E-state index is 0.218. The molecule has 31 nitrogen and oxygen atoms in total. The number of aryl methyl sites for hydroxylation is 3. The Morgan fingerprint density at radius 3 is 1.50 bits per heavy atom. The number of aromatic nitrogens is 12. The molecule has 6 aromatic heterocycles. The van der Waals surface area contributed by atoms with E-state index in [9.17, 15) is 23.7 Å². The number of aliphatic hydroxyl groups excluding tert-OH is 1. The van der Waals surface area contributed by atoms with Crippen molar-refractivity contribution in [3.63, 3.8) is 0 Å². The minimum atomic E-state index is -3.22. The number of hydrazine groups is 1. The lowest BCUT2D eigenvalue weighted by Crippen LogP contribution is -2.45. The monoisotopic (exact) mass is 1690 g/mol. The minimum Gasteiger partial charge on any atom is -0.457 e. The molecule has 2 amide bonds. The summed E-state index contributed by atoms with van der Waals surface area (Å²) in [5, 5.41) is 45.7. The number of piperazine rings is 2. The van der Waals surface area contributed by atoms with Gasteiger partial charge in [-0.2, -0.15) is 24.1 Å². The Bertz CT molecular complexity index is 4930. The molecule has 106 heavy (non-hydrogen) atoms. The fourth-order valence-corrected chi connectivity index (χ4v) is 9.59. The third kappa shape index (κ3) is 31.9. The molecule has 2 saturated heterocycles. The molecule has 13 rings (SSSR count). The number of ether oxygens (including phenoxy) is 2. The van der Waals surface area contributed by atoms with Crippen molar-refractivity contribution in [1.82, 2.24) is 79.3 Å². The van der Waals surface area contributed by atoms with Crippen LogP contribution in [0.3, 0.4) is 0 Å². The Morgan fingerprint density at radius 2 is 1.06 bits per heavy atom. The van der Waals surface area contributed by atoms with Gasteiger partial charge in [-0.15, -0.1) is 15.3 Å². The highest BCUT2D eigenvalue weighted by Gasteiger charge is 2.22. The van der Waals surface area contributed by atoms with E-state index >= 15 is 0 Å². The van der Waals surface area contributed by atoms with E-state index in [4.69, 9.17) is 96.0 Å². The van der Waals surface area contributed by atoms with Crippen molar-refractivity contribution < 1.29 is 33.5 Å². The molecule has 8 heterocycles. The van der Waals surface area contributed by atoms with Crippen LogP contribution >= 0.6 is 129 Å². The Morgan fingerprint density at radius 1 is 0.660 bits per heavy atom. The second kappa shape index (κ2) is 47.1. The first kappa shape index (κ1) is 92.4. The predicted octanol–water partition coefficient (Wildman–Crippen LogP) is 13.9. The number of rotatable bonds is 2. The topological polar surface area (TPSA) is 414 Å². The van der Waals surface area contributed by atoms with E-state index in [-0.39, 0.29) is 18.2 Å². The summed E-state index contributed by atoms with van der Waals surface area (Å²) in [7, 11) is 11.2. The number of nitriles is 2. The highest BCUT2D eigenvalue weighted by Crippen LogP contribution is 2.61. The summed E-state index contributed by atoms with van der Waals surface area (Å²) >= 11 is 53.7. The number of likely N-dealkylation sites (N-methyl/N-ethyl adjacent to an activating group) is 2. The van der Waals surface area contributed by atoms with Crippen LogP contribution in [-0.2, 0) is 18.8 Å². The van der Waals surface area contributed by atoms with Gasteiger partial charge in [-0.3, -0.25) is 24.8 Å². The number of aliphatic hydroxyl groups is 1. The maximum Gasteiger partial charge on any atom is 0.411 e. The first-order valence-electron chi connectivity index (χ1n) is 30.5. The molecule has 2 aliphatic heterocycles. The zero-order valence-corrected chi connectivity index (χ0v) is 67.8. The average molecular weight is 1700 g/mol. The summed E-state index contributed by atoms with van der Waals surface area (Å²) < 4.78 is 25.7. The quantitative estimate of drug-likeness (QED) is 0.0161. The van der Waals surface area contributed by atoms with Gasteiger partial charge >= 0.3 is 22.4 Å². The van der Waals surface area contributed by atoms with Crippen LogP contribution in [0.4, 0.5) is 26.9 Å². The maximum absolute atomic E-state index is 11.7. The number of carbonyl (C=O) groups excluding carboxylic acids is 3. The summed E-state index contributed by atoms with van der Waals surface area (Å²) in [4.78, 5) is 73.2. The largest absolute Gasteiger partial charge is 0.457 e. The van der Waals surface area contributed by atoms with Gasteiger partial charge in [0.15, 0.2) is 16.9 Å². The molecule has 0 saturated carbocycles. The van der Waals surface area contributed by atoms with Crippen LogP contribution in [0.1, 0.15) is 42.4 Å². The molecule has 0 spiro atoms. The van der Waals surface area contributed by atoms with Crippen molar-refractivity contribution in [2.75, 3.05) is 110 Å². The molecular weight excluding hydrogens is 1620 g/mol. The van der Waals surface area contributed by atoms with Crippen molar-refractivity contribution in [3.8, 4) is 12.1 Å². The number of nitrogens with one attached hydrogen (secondary N) is 4. The zero-order chi connectivity index (χ0) is 79.5. The molecule has 11 aromatic rings. The number of hydrogen-bond acceptors (Lipinski definition) is 25. The SMILES string of the molecule is CC(=O)NN.CCO.CN1CCNCC1.CN=P.COC(=O)Cl.COC(=O)Nc1ccc(Cl)cc1C#N.Cc1nc2c3cc(Cl)ccc3[nH]c(=O)n2n1.Cc1nc2c3cc(Cl)ccc3nc(Cl)n2n1.Cc1nc2c3cc(Cl)ccc3nc(N3CCN(C)CC3)n2n1.N#Cc1cc(Cl)ccc1N.O=P(Cl)(Cl)Cl. The number of carbonyl (C=O) groups is 3. The predicted molar refractivity (Wildman–Crippen MR) is 426 cm³/mol. The van der Waals surface area contributed by atoms with Gasteiger partial charge in [0.2, 0.25) is 17.1 Å². The normalized spacial score (nSPS) is 12.1. The van der Waals surface area contributed by atoms with Crippen LogP contribution in [0, 0.1) is 43.4 Å². The number of nitrogens with two attached hydrogens (primary N) is 2. The third-order valence-electron chi connectivity index (χ3n) is 13.1. The fourth-order valence-electron chi connectivity index (χ4n) is 8.52. The molecule has 2 aliphatic rings. The number of anilines is 3. The number of methoxy groups -OCH3 is 2. The number of aromatic amines is 1. The molecule has 0 aliphatic carbocycles. The first-order valence-corrected chi connectivity index (χ1v) is 38.0. The number of hydrogen-bond donors (Lipinski definition) is 7. The van der Waals surface area contributed by atoms with Gasteiger partial charge in [0.25, 0.3) is 0 Å². The molecular formula is C63H73Cl10N23O8P2. The Labute approximate surface area is 660 Å². The summed E-state index contributed by atoms with van der Waals surface area (Å²) in [5.74, 6) is 7.16. The van der Waals surface area contributed by atoms with Gasteiger partial charge in [0.05, 0.1) is 47.6 Å². The van der Waals surface area contributed by atoms with Gasteiger partial charge in [-0.05, 0) is 187 Å². The Balaban J connectivity index is 0.000000319. The van der Waals surface area contributed by atoms with Crippen LogP contribution in [0.25, 0.3) is 49.7 Å². The van der Waals surface area contributed by atoms with Crippen molar-refractivity contribution >= 4 is 214 Å². The van der Waals surface area contributed by atoms with Crippen LogP contribution in [0.15, 0.2) is 101 Å². The van der Waals surface area contributed by atoms with E-state index in [0.717, 1.165) is 83.9 Å². The van der Waals surface area contributed by atoms with Crippen LogP contribution in [0.2, 0.25) is 30.4 Å². The number of H-pyrrole nitrogens is 1. The lowest BCUT2D eigenvalue weighted by Gasteiger charge is -2.33. The van der Waals surface area contributed by atoms with Crippen LogP contribution in [-0.4, -0.2) is 185 Å². The molecule has 0 radical (unpaired) electrons. The van der Waals surface area contributed by atoms with Crippen LogP contribution < -0.4 is 38.2 Å². The Hall–Kier alpha value is -7.85. The molecule has 9 N–H and O–H groups in total. The lowest BCUT2D eigenvalue weighted by atomic mass is 10.2. The zero-order valence-electron chi connectivity index (χ0n) is 58.3. The van der Waals surface area contributed by atoms with Crippen molar-refractivity contribution in [3.05, 3.63) is 160 Å². The molecule has 5 aromatic carbocycles. The Kier molecular flexibility index (Phi) is 41.0. The number of fused-ring (bicyclic) bond motifs is 9. The molecule has 0 bridgehead atoms. The van der Waals surface area contributed by atoms with Gasteiger partial charge < -0.3 is 45.3 Å². The standard InChI is InChI=1S/C15H17ClN6.C10H6Cl2N4.C10H7ClN4O.C9H7ClN2O2.C7H5ClN2.C5H12N2.C2H3ClO2.C2H6N2O.C2H6O.CH4NP.Cl3OP/c1-10-17-14-12-9-11(16)3-4-13(12)18-15(22(14)19-10)21-7-5-20(2)6-8-21;1-5-13-9-7-4-6(11)2-3-8(7)14-10(12)16(9)15-5;1-5-12-9-7-4-6(11)2-3-8(7)13-10(16)15(9)14-5;1-14-9(13)12-8-3-2-7(10)4-6(8)5-11;8-6-1-2-7(10)5(3-6)4-9;1-7-4-2-6-3-5-7;1-5-2(3)4;1-2(5)4-3;2*1-2-3;1-5(2,3)4/h3-4,9H,5-8H2,1-2H3;2-4H,1H3;2-4H,1H3,(H,13,16);2-4H,1H3,(H,12,13);1-3H,10H2;6H,2-5H2,1H3;1H3;3H2,1H3,(H,4,5);3H,2H2,1H3;3H,1H3;. The number of amides is 2. The van der Waals surface area contributed by atoms with Crippen molar-refractivity contribution in [2.24, 2.45) is 10.6 Å². The smallest absolute Gasteiger partial charge is 0.411 e. The summed E-state index contributed by atoms with van der Waals surface area (Å²) in [6, 6.07) is 29.6. The van der Waals surface area contributed by atoms with Gasteiger partial charge in [-0.25, -0.2) is 45.1 Å². The third-order valence-corrected chi connectivity index (χ3v) is 14.7. The lowest BCUT2D eigenvalue weighted by molar-refractivity contribution is -0.119. The van der Waals surface area contributed by atoms with E-state index in [2.05, 4.69) is 154 Å². The molecule has 43 heteroatoms. The number of halogens is 10. The van der Waals surface area contributed by atoms with E-state index in [1.165, 1.54) is 61.5 Å². The number of nitrogen functional groups attached to an aromatic ring is 1. The fraction of sp³-hybridized carbons (Fsp3) is 0.302. The summed E-state index contributed by atoms with van der Waals surface area (Å²) in [5.41, 5.74) is 12.2. The number of nitrogens with zero attached hydrogens (tertiary/aromatic N) is 17. The highest BCUT2D eigenvalue weighted by molar-refractivity contribution is 8.24. The molecule has 0 unspecified atom stereocenters. The molecule has 0 atom stereocenters. The van der Waals surface area contributed by atoms with Crippen LogP contribution in [0.5, 0.6) is 0 Å². The second-order valence-corrected chi connectivity index (χ2v) is 31.0. The highest BCUT2D eigenvalue weighted by atomic mass is 36.0. The van der Waals surface area contributed by atoms with Gasteiger partial charge in [-0.1, -0.05) is 58.0 Å². The summed E-state index contributed by atoms with van der Waals surface area (Å²) in [6.07, 6.45) is -0.621. The first-order chi connectivity index (χ1) is 50.1. The maximum atomic E-state index is 11.7. The van der Waals surface area contributed by atoms with Crippen molar-refractivity contribution in [2.45, 2.75) is 34.6 Å². The van der Waals surface area contributed by atoms with E-state index < -0.39 is 16.7 Å². The van der Waals surface area contributed by atoms with Crippen molar-refractivity contribution in [1.29, 1.82) is 10.5 Å². The average Bonchev–Trinajstić information content (AvgIpc) is 1.57. The van der Waals surface area contributed by atoms with E-state index in [1.54, 1.807) is 70.3 Å². The van der Waals surface area contributed by atoms with Gasteiger partial charge in [0.1, 0.15) is 29.6 Å². The molecule has 568 valence electrons.